The van der Waals surface area contributed by atoms with Gasteiger partial charge in [0.05, 0.1) is 4.91 Å². The van der Waals surface area contributed by atoms with E-state index in [9.17, 15) is 9.90 Å². The minimum Gasteiger partial charge on any atom is -0.507 e. The number of halogens is 1. The molecule has 1 unspecified atom stereocenters. The maximum absolute atomic E-state index is 13.5. The van der Waals surface area contributed by atoms with Gasteiger partial charge in [0.15, 0.2) is 5.50 Å². The molecule has 6 heteroatoms. The van der Waals surface area contributed by atoms with E-state index >= 15 is 0 Å². The number of aromatic hydroxyl groups is 1. The number of hydrogen-bond acceptors (Lipinski definition) is 4. The van der Waals surface area contributed by atoms with Gasteiger partial charge >= 0.3 is 0 Å². The molecular formula is C23H25BrN2O2S. The van der Waals surface area contributed by atoms with Gasteiger partial charge in [0, 0.05) is 21.8 Å². The van der Waals surface area contributed by atoms with Crippen molar-refractivity contribution in [3.05, 3.63) is 63.5 Å². The fourth-order valence-corrected chi connectivity index (χ4v) is 5.73. The highest BCUT2D eigenvalue weighted by Gasteiger charge is 2.42. The number of carbonyl (C=O) groups is 1. The Kier molecular flexibility index (Phi) is 6.20. The number of para-hydroxylation sites is 1. The third kappa shape index (κ3) is 4.48. The van der Waals surface area contributed by atoms with Gasteiger partial charge in [-0.15, -0.1) is 0 Å². The van der Waals surface area contributed by atoms with Crippen LogP contribution < -0.4 is 5.32 Å². The summed E-state index contributed by atoms with van der Waals surface area (Å²) in [5, 5.41) is 13.8. The Morgan fingerprint density at radius 1 is 1.17 bits per heavy atom. The largest absolute Gasteiger partial charge is 0.507 e. The molecule has 29 heavy (non-hydrogen) atoms. The lowest BCUT2D eigenvalue weighted by atomic mass is 9.85. The van der Waals surface area contributed by atoms with Crippen molar-refractivity contribution in [2.24, 2.45) is 5.92 Å². The normalized spacial score (nSPS) is 26.1. The number of benzene rings is 2. The number of nitrogens with one attached hydrogen (secondary N) is 1. The van der Waals surface area contributed by atoms with Crippen LogP contribution in [0.25, 0.3) is 6.08 Å². The highest BCUT2D eigenvalue weighted by molar-refractivity contribution is 9.10. The number of thioether (sulfide) groups is 1. The number of amides is 1. The average molecular weight is 473 g/mol. The Balaban J connectivity index is 1.67. The summed E-state index contributed by atoms with van der Waals surface area (Å²) in [7, 11) is 0. The molecule has 3 atom stereocenters. The first-order chi connectivity index (χ1) is 14.0. The molecule has 1 saturated carbocycles. The summed E-state index contributed by atoms with van der Waals surface area (Å²) < 4.78 is 0.870. The molecule has 2 aromatic carbocycles. The van der Waals surface area contributed by atoms with Crippen LogP contribution in [0.5, 0.6) is 5.75 Å². The summed E-state index contributed by atoms with van der Waals surface area (Å²) in [4.78, 5) is 16.1. The molecule has 1 heterocycles. The number of carbonyl (C=O) groups excluding carboxylic acids is 1. The van der Waals surface area contributed by atoms with E-state index in [1.165, 1.54) is 18.2 Å². The molecule has 0 spiro atoms. The Bertz CT molecular complexity index is 918. The van der Waals surface area contributed by atoms with Crippen LogP contribution in [0, 0.1) is 5.92 Å². The van der Waals surface area contributed by atoms with Crippen molar-refractivity contribution in [1.29, 1.82) is 0 Å². The minimum absolute atomic E-state index is 0.0431. The first-order valence-corrected chi connectivity index (χ1v) is 11.7. The summed E-state index contributed by atoms with van der Waals surface area (Å²) in [6.07, 6.45) is 6.39. The number of nitrogens with zero attached hydrogens (tertiary/aromatic N) is 1. The number of rotatable bonds is 4. The van der Waals surface area contributed by atoms with Crippen molar-refractivity contribution in [1.82, 2.24) is 4.90 Å². The van der Waals surface area contributed by atoms with Crippen LogP contribution in [0.4, 0.5) is 5.69 Å². The third-order valence-corrected chi connectivity index (χ3v) is 7.31. The van der Waals surface area contributed by atoms with E-state index in [1.807, 2.05) is 41.3 Å². The Morgan fingerprint density at radius 3 is 2.69 bits per heavy atom. The van der Waals surface area contributed by atoms with E-state index in [4.69, 9.17) is 0 Å². The number of phenols is 1. The lowest BCUT2D eigenvalue weighted by molar-refractivity contribution is -0.129. The second kappa shape index (κ2) is 8.84. The first-order valence-electron chi connectivity index (χ1n) is 10.0. The molecular weight excluding hydrogens is 448 g/mol. The zero-order valence-corrected chi connectivity index (χ0v) is 18.7. The van der Waals surface area contributed by atoms with E-state index in [-0.39, 0.29) is 23.2 Å². The maximum atomic E-state index is 13.5. The Morgan fingerprint density at radius 2 is 1.93 bits per heavy atom. The van der Waals surface area contributed by atoms with E-state index in [1.54, 1.807) is 18.2 Å². The van der Waals surface area contributed by atoms with Crippen molar-refractivity contribution in [3.63, 3.8) is 0 Å². The molecule has 2 aliphatic rings. The van der Waals surface area contributed by atoms with Gasteiger partial charge in [0.2, 0.25) is 0 Å². The fraction of sp³-hybridized carbons (Fsp3) is 0.348. The molecule has 2 N–H and O–H groups in total. The van der Waals surface area contributed by atoms with E-state index in [0.29, 0.717) is 16.4 Å². The lowest BCUT2D eigenvalue weighted by Crippen LogP contribution is -2.48. The first kappa shape index (κ1) is 20.4. The molecule has 1 saturated heterocycles. The second-order valence-corrected chi connectivity index (χ2v) is 9.77. The SMILES string of the molecule is C[C@H]1CCCC[C@H]1N1C(=O)/C(=C/c2cc(Br)ccc2O)SC1Nc1ccccc1. The van der Waals surface area contributed by atoms with Crippen LogP contribution in [-0.4, -0.2) is 27.5 Å². The summed E-state index contributed by atoms with van der Waals surface area (Å²) >= 11 is 4.97. The zero-order valence-electron chi connectivity index (χ0n) is 16.3. The van der Waals surface area contributed by atoms with Crippen LogP contribution in [0.1, 0.15) is 38.2 Å². The van der Waals surface area contributed by atoms with E-state index in [2.05, 4.69) is 28.2 Å². The molecule has 2 fully saturated rings. The van der Waals surface area contributed by atoms with Crippen LogP contribution >= 0.6 is 27.7 Å². The van der Waals surface area contributed by atoms with Gasteiger partial charge in [-0.05, 0) is 55.2 Å². The van der Waals surface area contributed by atoms with Crippen LogP contribution in [-0.2, 0) is 4.79 Å². The minimum atomic E-state index is -0.156. The zero-order chi connectivity index (χ0) is 20.4. The fourth-order valence-electron chi connectivity index (χ4n) is 4.15. The summed E-state index contributed by atoms with van der Waals surface area (Å²) in [6, 6.07) is 15.5. The maximum Gasteiger partial charge on any atom is 0.262 e. The van der Waals surface area contributed by atoms with Crippen LogP contribution in [0.3, 0.4) is 0 Å². The van der Waals surface area contributed by atoms with Gasteiger partial charge in [-0.2, -0.15) is 0 Å². The van der Waals surface area contributed by atoms with Crippen molar-refractivity contribution >= 4 is 45.4 Å². The van der Waals surface area contributed by atoms with Gasteiger partial charge in [-0.1, -0.05) is 65.7 Å². The highest BCUT2D eigenvalue weighted by Crippen LogP contribution is 2.42. The van der Waals surface area contributed by atoms with Gasteiger partial charge in [-0.3, -0.25) is 4.79 Å². The van der Waals surface area contributed by atoms with Crippen molar-refractivity contribution in [3.8, 4) is 5.75 Å². The van der Waals surface area contributed by atoms with E-state index in [0.717, 1.165) is 29.4 Å². The van der Waals surface area contributed by atoms with Gasteiger partial charge in [0.25, 0.3) is 5.91 Å². The van der Waals surface area contributed by atoms with Crippen molar-refractivity contribution < 1.29 is 9.90 Å². The lowest BCUT2D eigenvalue weighted by Gasteiger charge is -2.39. The predicted octanol–water partition coefficient (Wildman–Crippen LogP) is 6.05. The second-order valence-electron chi connectivity index (χ2n) is 7.73. The third-order valence-electron chi connectivity index (χ3n) is 5.70. The molecule has 4 nitrogen and oxygen atoms in total. The average Bonchev–Trinajstić information content (AvgIpc) is 3.01. The molecule has 0 bridgehead atoms. The molecule has 1 aliphatic heterocycles. The summed E-state index contributed by atoms with van der Waals surface area (Å²) in [5.74, 6) is 0.694. The van der Waals surface area contributed by atoms with Crippen molar-refractivity contribution in [2.45, 2.75) is 44.1 Å². The molecule has 1 amide bonds. The monoisotopic (exact) mass is 472 g/mol. The number of anilines is 1. The summed E-state index contributed by atoms with van der Waals surface area (Å²) in [5.41, 5.74) is 1.49. The molecule has 1 aliphatic carbocycles. The molecule has 0 aromatic heterocycles. The number of phenolic OH excluding ortho intramolecular Hbond substituents is 1. The van der Waals surface area contributed by atoms with E-state index < -0.39 is 0 Å². The van der Waals surface area contributed by atoms with Crippen molar-refractivity contribution in [2.75, 3.05) is 5.32 Å². The van der Waals surface area contributed by atoms with Gasteiger partial charge in [-0.25, -0.2) is 0 Å². The molecule has 2 aromatic rings. The summed E-state index contributed by atoms with van der Waals surface area (Å²) in [6.45, 7) is 2.25. The van der Waals surface area contributed by atoms with Gasteiger partial charge in [0.1, 0.15) is 5.75 Å². The predicted molar refractivity (Wildman–Crippen MR) is 123 cm³/mol. The van der Waals surface area contributed by atoms with Gasteiger partial charge < -0.3 is 15.3 Å². The highest BCUT2D eigenvalue weighted by atomic mass is 79.9. The Labute approximate surface area is 184 Å². The Hall–Kier alpha value is -1.92. The molecule has 0 radical (unpaired) electrons. The standard InChI is InChI=1S/C23H25BrN2O2S/c1-15-7-5-6-10-19(15)26-22(28)21(14-16-13-17(24)11-12-20(16)27)29-23(26)25-18-8-3-2-4-9-18/h2-4,8-9,11-15,19,23,25,27H,5-7,10H2,1H3/b21-14-/t15-,19+,23?/m0/s1. The topological polar surface area (TPSA) is 52.6 Å². The number of hydrogen-bond donors (Lipinski definition) is 2. The van der Waals surface area contributed by atoms with Crippen LogP contribution in [0.15, 0.2) is 57.9 Å². The quantitative estimate of drug-likeness (QED) is 0.532. The molecule has 4 rings (SSSR count). The smallest absolute Gasteiger partial charge is 0.262 e. The van der Waals surface area contributed by atoms with Crippen LogP contribution in [0.2, 0.25) is 0 Å². The molecule has 152 valence electrons.